The van der Waals surface area contributed by atoms with Crippen LogP contribution in [0.4, 0.5) is 23.2 Å². The fourth-order valence-electron chi connectivity index (χ4n) is 2.13. The summed E-state index contributed by atoms with van der Waals surface area (Å²) >= 11 is 0. The monoisotopic (exact) mass is 448 g/mol. The van der Waals surface area contributed by atoms with Crippen LogP contribution in [0.2, 0.25) is 0 Å². The molecule has 30 heavy (non-hydrogen) atoms. The first-order valence-electron chi connectivity index (χ1n) is 8.32. The Kier molecular flexibility index (Phi) is 7.03. The zero-order valence-electron chi connectivity index (χ0n) is 15.4. The minimum atomic E-state index is -4.61. The third kappa shape index (κ3) is 6.44. The van der Waals surface area contributed by atoms with Gasteiger partial charge in [-0.3, -0.25) is 9.52 Å². The molecule has 2 rings (SSSR count). The van der Waals surface area contributed by atoms with Crippen molar-refractivity contribution in [2.24, 2.45) is 0 Å². The molecule has 0 saturated heterocycles. The third-order valence-corrected chi connectivity index (χ3v) is 5.02. The molecule has 0 radical (unpaired) electrons. The number of ether oxygens (including phenoxy) is 1. The summed E-state index contributed by atoms with van der Waals surface area (Å²) in [7, 11) is -4.15. The Morgan fingerprint density at radius 1 is 1.07 bits per heavy atom. The SMILES string of the molecule is C[C@H](OC(=O)c1ccc(S(=O)(=O)Nc2ccccc2F)cc1)C(=O)NCC(F)(F)F. The maximum atomic E-state index is 13.6. The third-order valence-electron chi connectivity index (χ3n) is 3.63. The molecule has 0 unspecified atom stereocenters. The van der Waals surface area contributed by atoms with Crippen LogP contribution in [0.5, 0.6) is 0 Å². The number of para-hydroxylation sites is 1. The van der Waals surface area contributed by atoms with Crippen molar-refractivity contribution in [3.05, 3.63) is 59.9 Å². The Bertz CT molecular complexity index is 1020. The average Bonchev–Trinajstić information content (AvgIpc) is 2.67. The van der Waals surface area contributed by atoms with E-state index in [-0.39, 0.29) is 16.1 Å². The van der Waals surface area contributed by atoms with Crippen LogP contribution < -0.4 is 10.0 Å². The topological polar surface area (TPSA) is 102 Å². The van der Waals surface area contributed by atoms with Crippen molar-refractivity contribution >= 4 is 27.6 Å². The fraction of sp³-hybridized carbons (Fsp3) is 0.222. The van der Waals surface area contributed by atoms with E-state index in [1.165, 1.54) is 18.2 Å². The number of halogens is 4. The Hall–Kier alpha value is -3.15. The highest BCUT2D eigenvalue weighted by Crippen LogP contribution is 2.19. The second kappa shape index (κ2) is 9.11. The molecule has 0 aromatic heterocycles. The van der Waals surface area contributed by atoms with Crippen molar-refractivity contribution in [1.29, 1.82) is 0 Å². The molecule has 2 aromatic carbocycles. The molecule has 0 aliphatic heterocycles. The molecule has 0 aliphatic rings. The van der Waals surface area contributed by atoms with E-state index in [4.69, 9.17) is 4.74 Å². The molecule has 12 heteroatoms. The van der Waals surface area contributed by atoms with Crippen LogP contribution in [-0.4, -0.2) is 39.1 Å². The van der Waals surface area contributed by atoms with Gasteiger partial charge in [0.05, 0.1) is 16.1 Å². The second-order valence-electron chi connectivity index (χ2n) is 5.99. The molecule has 2 N–H and O–H groups in total. The summed E-state index contributed by atoms with van der Waals surface area (Å²) in [6.45, 7) is -0.490. The minimum absolute atomic E-state index is 0.143. The summed E-state index contributed by atoms with van der Waals surface area (Å²) in [5.41, 5.74) is -0.407. The normalized spacial score (nSPS) is 12.7. The number of amides is 1. The second-order valence-corrected chi connectivity index (χ2v) is 7.67. The number of carbonyl (C=O) groups excluding carboxylic acids is 2. The fourth-order valence-corrected chi connectivity index (χ4v) is 3.20. The largest absolute Gasteiger partial charge is 0.449 e. The molecule has 1 atom stereocenters. The number of carbonyl (C=O) groups is 2. The van der Waals surface area contributed by atoms with Gasteiger partial charge >= 0.3 is 12.1 Å². The van der Waals surface area contributed by atoms with Crippen LogP contribution >= 0.6 is 0 Å². The van der Waals surface area contributed by atoms with E-state index in [9.17, 15) is 35.6 Å². The Morgan fingerprint density at radius 2 is 1.67 bits per heavy atom. The highest BCUT2D eigenvalue weighted by Gasteiger charge is 2.29. The van der Waals surface area contributed by atoms with E-state index in [0.717, 1.165) is 37.3 Å². The van der Waals surface area contributed by atoms with Gasteiger partial charge in [-0.2, -0.15) is 13.2 Å². The van der Waals surface area contributed by atoms with Crippen molar-refractivity contribution < 1.29 is 40.3 Å². The van der Waals surface area contributed by atoms with E-state index in [2.05, 4.69) is 4.72 Å². The number of anilines is 1. The summed E-state index contributed by atoms with van der Waals surface area (Å²) in [6, 6.07) is 9.39. The number of sulfonamides is 1. The van der Waals surface area contributed by atoms with Gasteiger partial charge in [-0.1, -0.05) is 12.1 Å². The van der Waals surface area contributed by atoms with Crippen molar-refractivity contribution in [1.82, 2.24) is 5.32 Å². The van der Waals surface area contributed by atoms with Crippen molar-refractivity contribution in [2.45, 2.75) is 24.1 Å². The van der Waals surface area contributed by atoms with E-state index in [0.29, 0.717) is 0 Å². The molecule has 7 nitrogen and oxygen atoms in total. The molecule has 162 valence electrons. The van der Waals surface area contributed by atoms with Gasteiger partial charge in [0.1, 0.15) is 12.4 Å². The number of rotatable bonds is 7. The zero-order chi connectivity index (χ0) is 22.5. The summed E-state index contributed by atoms with van der Waals surface area (Å²) in [5, 5.41) is 1.58. The van der Waals surface area contributed by atoms with Crippen molar-refractivity contribution in [3.63, 3.8) is 0 Å². The van der Waals surface area contributed by atoms with Crippen LogP contribution in [0.3, 0.4) is 0 Å². The van der Waals surface area contributed by atoms with Gasteiger partial charge in [-0.05, 0) is 43.3 Å². The number of nitrogens with one attached hydrogen (secondary N) is 2. The maximum absolute atomic E-state index is 13.6. The van der Waals surface area contributed by atoms with Crippen molar-refractivity contribution in [2.75, 3.05) is 11.3 Å². The predicted octanol–water partition coefficient (Wildman–Crippen LogP) is 2.85. The molecule has 0 bridgehead atoms. The average molecular weight is 448 g/mol. The van der Waals surface area contributed by atoms with Crippen LogP contribution in [0, 0.1) is 5.82 Å². The van der Waals surface area contributed by atoms with Gasteiger partial charge in [0.15, 0.2) is 6.10 Å². The number of hydrogen-bond acceptors (Lipinski definition) is 5. The number of hydrogen-bond donors (Lipinski definition) is 2. The first kappa shape index (κ1) is 23.1. The Balaban J connectivity index is 2.03. The molecular formula is C18H16F4N2O5S. The highest BCUT2D eigenvalue weighted by atomic mass is 32.2. The summed E-state index contributed by atoms with van der Waals surface area (Å²) in [6.07, 6.45) is -6.12. The van der Waals surface area contributed by atoms with Gasteiger partial charge in [0.2, 0.25) is 0 Å². The first-order chi connectivity index (χ1) is 13.9. The number of esters is 1. The lowest BCUT2D eigenvalue weighted by Crippen LogP contribution is -2.40. The summed E-state index contributed by atoms with van der Waals surface area (Å²) < 4.78 is 81.4. The van der Waals surface area contributed by atoms with Gasteiger partial charge in [0.25, 0.3) is 15.9 Å². The van der Waals surface area contributed by atoms with Crippen LogP contribution in [0.15, 0.2) is 53.4 Å². The molecule has 0 fully saturated rings. The Labute approximate surface area is 169 Å². The smallest absolute Gasteiger partial charge is 0.405 e. The maximum Gasteiger partial charge on any atom is 0.405 e. The van der Waals surface area contributed by atoms with E-state index in [1.54, 1.807) is 5.32 Å². The first-order valence-corrected chi connectivity index (χ1v) is 9.80. The highest BCUT2D eigenvalue weighted by molar-refractivity contribution is 7.92. The lowest BCUT2D eigenvalue weighted by molar-refractivity contribution is -0.143. The van der Waals surface area contributed by atoms with E-state index < -0.39 is 46.5 Å². The summed E-state index contributed by atoms with van der Waals surface area (Å²) in [5.74, 6) is -2.97. The minimum Gasteiger partial charge on any atom is -0.449 e. The number of alkyl halides is 3. The van der Waals surface area contributed by atoms with Gasteiger partial charge in [-0.15, -0.1) is 0 Å². The molecule has 1 amide bonds. The lowest BCUT2D eigenvalue weighted by Gasteiger charge is -2.14. The molecular weight excluding hydrogens is 432 g/mol. The van der Waals surface area contributed by atoms with E-state index in [1.807, 2.05) is 0 Å². The molecule has 0 saturated carbocycles. The van der Waals surface area contributed by atoms with Gasteiger partial charge < -0.3 is 10.1 Å². The standard InChI is InChI=1S/C18H16F4N2O5S/c1-11(16(25)23-10-18(20,21)22)29-17(26)12-6-8-13(9-7-12)30(27,28)24-15-5-3-2-4-14(15)19/h2-9,11,24H,10H2,1H3,(H,23,25)/t11-/m0/s1. The molecule has 2 aromatic rings. The quantitative estimate of drug-likeness (QED) is 0.501. The molecule has 0 heterocycles. The van der Waals surface area contributed by atoms with Crippen LogP contribution in [0.1, 0.15) is 17.3 Å². The zero-order valence-corrected chi connectivity index (χ0v) is 16.2. The van der Waals surface area contributed by atoms with Crippen LogP contribution in [0.25, 0.3) is 0 Å². The lowest BCUT2D eigenvalue weighted by atomic mass is 10.2. The van der Waals surface area contributed by atoms with Crippen molar-refractivity contribution in [3.8, 4) is 0 Å². The van der Waals surface area contributed by atoms with Gasteiger partial charge in [0, 0.05) is 0 Å². The summed E-state index contributed by atoms with van der Waals surface area (Å²) in [4.78, 5) is 23.3. The molecule has 0 aliphatic carbocycles. The Morgan fingerprint density at radius 3 is 2.23 bits per heavy atom. The van der Waals surface area contributed by atoms with Gasteiger partial charge in [-0.25, -0.2) is 17.6 Å². The number of benzene rings is 2. The predicted molar refractivity (Wildman–Crippen MR) is 97.6 cm³/mol. The van der Waals surface area contributed by atoms with Crippen LogP contribution in [-0.2, 0) is 19.6 Å². The van der Waals surface area contributed by atoms with E-state index >= 15 is 0 Å². The molecule has 0 spiro atoms.